The first-order valence-electron chi connectivity index (χ1n) is 10.5. The Morgan fingerprint density at radius 2 is 1.83 bits per heavy atom. The Morgan fingerprint density at radius 1 is 1.03 bits per heavy atom. The summed E-state index contributed by atoms with van der Waals surface area (Å²) in [4.78, 5) is 45.2. The Balaban J connectivity index is 1.63. The van der Waals surface area contributed by atoms with Gasteiger partial charge in [-0.25, -0.2) is 9.26 Å². The van der Waals surface area contributed by atoms with Gasteiger partial charge < -0.3 is 4.57 Å². The lowest BCUT2D eigenvalue weighted by atomic mass is 10.1. The number of hydrogen-bond acceptors (Lipinski definition) is 10. The zero-order valence-corrected chi connectivity index (χ0v) is 18.5. The third-order valence-electron chi connectivity index (χ3n) is 5.08. The van der Waals surface area contributed by atoms with Crippen LogP contribution in [0.5, 0.6) is 5.88 Å². The van der Waals surface area contributed by atoms with Gasteiger partial charge >= 0.3 is 0 Å². The van der Waals surface area contributed by atoms with Gasteiger partial charge in [-0.2, -0.15) is 10.9 Å². The second-order valence-corrected chi connectivity index (χ2v) is 7.38. The molecule has 0 saturated carbocycles. The van der Waals surface area contributed by atoms with Gasteiger partial charge in [0.2, 0.25) is 18.6 Å². The SMILES string of the molecule is NOOc1cn(Cn2cc(CC(c3ccccn3)[N+](Cc3ccccn3)=C(C=O)C=O)nn2)cn1. The van der Waals surface area contributed by atoms with E-state index < -0.39 is 6.04 Å². The molecule has 0 aliphatic heterocycles. The molecule has 0 saturated heterocycles. The third kappa shape index (κ3) is 6.04. The summed E-state index contributed by atoms with van der Waals surface area (Å²) in [6.07, 6.45) is 9.57. The van der Waals surface area contributed by atoms with Gasteiger partial charge in [0, 0.05) is 12.4 Å². The molecular formula is C22H22N9O4+. The Morgan fingerprint density at radius 3 is 2.51 bits per heavy atom. The first kappa shape index (κ1) is 23.5. The van der Waals surface area contributed by atoms with E-state index in [4.69, 9.17) is 5.90 Å². The number of aromatic nitrogens is 7. The fraction of sp³-hybridized carbons (Fsp3) is 0.182. The van der Waals surface area contributed by atoms with E-state index in [1.807, 2.05) is 24.3 Å². The van der Waals surface area contributed by atoms with Crippen molar-refractivity contribution in [3.63, 3.8) is 0 Å². The molecule has 1 unspecified atom stereocenters. The van der Waals surface area contributed by atoms with Crippen LogP contribution in [-0.2, 0) is 34.2 Å². The van der Waals surface area contributed by atoms with Crippen LogP contribution in [0, 0.1) is 0 Å². The van der Waals surface area contributed by atoms with E-state index in [1.165, 1.54) is 6.33 Å². The fourth-order valence-corrected chi connectivity index (χ4v) is 3.53. The van der Waals surface area contributed by atoms with Gasteiger partial charge in [-0.05, 0) is 24.3 Å². The maximum absolute atomic E-state index is 11.8. The third-order valence-corrected chi connectivity index (χ3v) is 5.08. The molecule has 4 aromatic heterocycles. The molecule has 178 valence electrons. The van der Waals surface area contributed by atoms with E-state index in [-0.39, 0.29) is 18.1 Å². The van der Waals surface area contributed by atoms with Gasteiger partial charge in [0.15, 0.2) is 6.54 Å². The molecule has 0 aliphatic rings. The van der Waals surface area contributed by atoms with Gasteiger partial charge in [0.25, 0.3) is 11.6 Å². The van der Waals surface area contributed by atoms with Crippen LogP contribution < -0.4 is 10.8 Å². The molecule has 0 bridgehead atoms. The molecular weight excluding hydrogens is 454 g/mol. The van der Waals surface area contributed by atoms with Crippen molar-refractivity contribution in [3.8, 4) is 5.88 Å². The van der Waals surface area contributed by atoms with E-state index in [0.29, 0.717) is 42.7 Å². The van der Waals surface area contributed by atoms with Crippen molar-refractivity contribution in [2.24, 2.45) is 5.90 Å². The zero-order chi connectivity index (χ0) is 24.5. The van der Waals surface area contributed by atoms with Crippen LogP contribution in [0.15, 0.2) is 67.5 Å². The molecule has 13 nitrogen and oxygen atoms in total. The van der Waals surface area contributed by atoms with Crippen molar-refractivity contribution in [2.45, 2.75) is 25.7 Å². The topological polar surface area (TPSA) is 156 Å². The lowest BCUT2D eigenvalue weighted by molar-refractivity contribution is -0.586. The zero-order valence-electron chi connectivity index (χ0n) is 18.5. The first-order valence-corrected chi connectivity index (χ1v) is 10.5. The summed E-state index contributed by atoms with van der Waals surface area (Å²) in [5.74, 6) is 5.07. The summed E-state index contributed by atoms with van der Waals surface area (Å²) < 4.78 is 4.98. The van der Waals surface area contributed by atoms with E-state index in [0.717, 1.165) is 0 Å². The van der Waals surface area contributed by atoms with E-state index in [2.05, 4.69) is 35.1 Å². The molecule has 1 atom stereocenters. The highest BCUT2D eigenvalue weighted by atomic mass is 17.3. The molecule has 0 spiro atoms. The Labute approximate surface area is 199 Å². The number of imidazole rings is 1. The number of nitrogens with two attached hydrogens (primary N) is 1. The fourth-order valence-electron chi connectivity index (χ4n) is 3.53. The predicted octanol–water partition coefficient (Wildman–Crippen LogP) is 0.290. The lowest BCUT2D eigenvalue weighted by Gasteiger charge is -2.15. The Hall–Kier alpha value is -4.62. The normalized spacial score (nSPS) is 11.6. The van der Waals surface area contributed by atoms with Crippen LogP contribution in [0.4, 0.5) is 0 Å². The van der Waals surface area contributed by atoms with E-state index in [1.54, 1.807) is 50.7 Å². The maximum Gasteiger partial charge on any atom is 0.281 e. The standard InChI is InChI=1S/C22H22N9O4/c23-35-34-22-12-29(15-26-22)16-30-10-18(27-28-30)9-21(20-6-2-4-8-25-20)31(19(13-32)14-33)11-17-5-1-3-7-24-17/h1-8,10,12-15,21H,9,11,16,23H2/q+1. The van der Waals surface area contributed by atoms with Crippen molar-refractivity contribution in [1.29, 1.82) is 0 Å². The van der Waals surface area contributed by atoms with Crippen molar-refractivity contribution in [3.05, 3.63) is 84.6 Å². The average molecular weight is 476 g/mol. The second kappa shape index (κ2) is 11.5. The number of nitrogens with zero attached hydrogens (tertiary/aromatic N) is 8. The van der Waals surface area contributed by atoms with Crippen LogP contribution in [0.1, 0.15) is 23.1 Å². The van der Waals surface area contributed by atoms with Gasteiger partial charge in [-0.1, -0.05) is 22.3 Å². The summed E-state index contributed by atoms with van der Waals surface area (Å²) in [7, 11) is 0. The van der Waals surface area contributed by atoms with Crippen molar-refractivity contribution in [1.82, 2.24) is 34.5 Å². The summed E-state index contributed by atoms with van der Waals surface area (Å²) in [5.41, 5.74) is 1.96. The number of aldehydes is 2. The monoisotopic (exact) mass is 476 g/mol. The lowest BCUT2D eigenvalue weighted by Crippen LogP contribution is -2.30. The average Bonchev–Trinajstić information content (AvgIpc) is 3.53. The molecule has 4 aromatic rings. The Kier molecular flexibility index (Phi) is 7.73. The minimum absolute atomic E-state index is 0.0215. The van der Waals surface area contributed by atoms with Gasteiger partial charge in [-0.15, -0.1) is 5.10 Å². The van der Waals surface area contributed by atoms with E-state index in [9.17, 15) is 9.59 Å². The molecule has 4 rings (SSSR count). The smallest absolute Gasteiger partial charge is 0.281 e. The molecule has 0 aromatic carbocycles. The second-order valence-electron chi connectivity index (χ2n) is 7.38. The molecule has 0 fully saturated rings. The molecule has 2 N–H and O–H groups in total. The van der Waals surface area contributed by atoms with Crippen LogP contribution in [0.3, 0.4) is 0 Å². The number of rotatable bonds is 12. The van der Waals surface area contributed by atoms with Crippen LogP contribution in [0.2, 0.25) is 0 Å². The summed E-state index contributed by atoms with van der Waals surface area (Å²) in [6, 6.07) is 10.5. The quantitative estimate of drug-likeness (QED) is 0.0753. The minimum atomic E-state index is -0.483. The number of carbonyl (C=O) groups excluding carboxylic acids is 2. The van der Waals surface area contributed by atoms with Crippen LogP contribution >= 0.6 is 0 Å². The largest absolute Gasteiger partial charge is 0.313 e. The van der Waals surface area contributed by atoms with Crippen LogP contribution in [0.25, 0.3) is 0 Å². The molecule has 0 amide bonds. The highest BCUT2D eigenvalue weighted by Gasteiger charge is 2.30. The van der Waals surface area contributed by atoms with Crippen molar-refractivity contribution < 1.29 is 24.0 Å². The molecule has 35 heavy (non-hydrogen) atoms. The molecule has 0 radical (unpaired) electrons. The highest BCUT2D eigenvalue weighted by molar-refractivity contribution is 6.51. The number of carbonyl (C=O) groups is 2. The van der Waals surface area contributed by atoms with Crippen LogP contribution in [-0.4, -0.2) is 57.4 Å². The van der Waals surface area contributed by atoms with Gasteiger partial charge in [0.05, 0.1) is 24.5 Å². The summed E-state index contributed by atoms with van der Waals surface area (Å²) in [6.45, 7) is 0.532. The van der Waals surface area contributed by atoms with Crippen molar-refractivity contribution in [2.75, 3.05) is 0 Å². The summed E-state index contributed by atoms with van der Waals surface area (Å²) >= 11 is 0. The van der Waals surface area contributed by atoms with Gasteiger partial charge in [0.1, 0.15) is 24.4 Å². The van der Waals surface area contributed by atoms with Gasteiger partial charge in [-0.3, -0.25) is 24.4 Å². The molecule has 4 heterocycles. The summed E-state index contributed by atoms with van der Waals surface area (Å²) in [5, 5.41) is 8.43. The minimum Gasteiger partial charge on any atom is -0.313 e. The number of hydrogen-bond donors (Lipinski definition) is 1. The van der Waals surface area contributed by atoms with Crippen molar-refractivity contribution >= 4 is 18.3 Å². The molecule has 0 aliphatic carbocycles. The maximum atomic E-state index is 11.8. The number of pyridine rings is 2. The predicted molar refractivity (Wildman–Crippen MR) is 120 cm³/mol. The highest BCUT2D eigenvalue weighted by Crippen LogP contribution is 2.21. The Bertz CT molecular complexity index is 1280. The van der Waals surface area contributed by atoms with E-state index >= 15 is 0 Å². The molecule has 13 heteroatoms. The first-order chi connectivity index (χ1) is 17.2.